The summed E-state index contributed by atoms with van der Waals surface area (Å²) < 4.78 is 42.4. The van der Waals surface area contributed by atoms with E-state index in [0.29, 0.717) is 11.3 Å². The van der Waals surface area contributed by atoms with E-state index in [1.165, 1.54) is 25.3 Å². The van der Waals surface area contributed by atoms with Gasteiger partial charge in [0.25, 0.3) is 0 Å². The monoisotopic (exact) mass is 247 g/mol. The summed E-state index contributed by atoms with van der Waals surface area (Å²) in [5, 5.41) is 0. The van der Waals surface area contributed by atoms with Crippen LogP contribution >= 0.6 is 0 Å². The average molecular weight is 247 g/mol. The van der Waals surface area contributed by atoms with Gasteiger partial charge in [-0.15, -0.1) is 0 Å². The van der Waals surface area contributed by atoms with Crippen molar-refractivity contribution in [1.82, 2.24) is 0 Å². The van der Waals surface area contributed by atoms with Crippen LogP contribution in [0.2, 0.25) is 0 Å². The number of methoxy groups -OCH3 is 1. The van der Waals surface area contributed by atoms with Gasteiger partial charge in [0.2, 0.25) is 0 Å². The van der Waals surface area contributed by atoms with Gasteiger partial charge in [-0.3, -0.25) is 0 Å². The van der Waals surface area contributed by atoms with E-state index in [1.807, 2.05) is 0 Å². The highest BCUT2D eigenvalue weighted by atomic mass is 19.4. The molecule has 0 bridgehead atoms. The molecule has 0 radical (unpaired) electrons. The van der Waals surface area contributed by atoms with E-state index < -0.39 is 11.7 Å². The van der Waals surface area contributed by atoms with Crippen LogP contribution in [0.4, 0.5) is 13.2 Å². The van der Waals surface area contributed by atoms with Gasteiger partial charge in [-0.1, -0.05) is 12.2 Å². The van der Waals surface area contributed by atoms with E-state index in [1.54, 1.807) is 0 Å². The van der Waals surface area contributed by atoms with Crippen LogP contribution in [0.5, 0.6) is 5.75 Å². The molecule has 0 amide bonds. The third-order valence-corrected chi connectivity index (χ3v) is 2.05. The van der Waals surface area contributed by atoms with Gasteiger partial charge in [-0.2, -0.15) is 13.2 Å². The number of hydrogen-bond acceptors (Lipinski definition) is 3. The first-order valence-electron chi connectivity index (χ1n) is 4.72. The molecule has 0 unspecified atom stereocenters. The molecule has 0 heterocycles. The molecule has 94 valence electrons. The molecule has 3 nitrogen and oxygen atoms in total. The molecular formula is C11H12F3NO2. The van der Waals surface area contributed by atoms with Crippen LogP contribution in [0.15, 0.2) is 24.3 Å². The van der Waals surface area contributed by atoms with Crippen molar-refractivity contribution in [3.05, 3.63) is 35.4 Å². The minimum absolute atomic E-state index is 0.111. The van der Waals surface area contributed by atoms with Gasteiger partial charge >= 0.3 is 6.18 Å². The second-order valence-corrected chi connectivity index (χ2v) is 3.19. The first kappa shape index (κ1) is 13.5. The van der Waals surface area contributed by atoms with Crippen LogP contribution in [0.1, 0.15) is 11.1 Å². The van der Waals surface area contributed by atoms with Crippen molar-refractivity contribution in [3.63, 3.8) is 0 Å². The first-order valence-corrected chi connectivity index (χ1v) is 4.72. The summed E-state index contributed by atoms with van der Waals surface area (Å²) in [5.74, 6) is 5.15. The van der Waals surface area contributed by atoms with Gasteiger partial charge in [0.05, 0.1) is 19.3 Å². The number of halogens is 3. The van der Waals surface area contributed by atoms with E-state index in [9.17, 15) is 13.2 Å². The van der Waals surface area contributed by atoms with Gasteiger partial charge in [-0.25, -0.2) is 5.90 Å². The number of rotatable bonds is 4. The van der Waals surface area contributed by atoms with Crippen LogP contribution in [0.25, 0.3) is 6.08 Å². The Labute approximate surface area is 96.6 Å². The molecule has 0 aromatic heterocycles. The van der Waals surface area contributed by atoms with Crippen molar-refractivity contribution in [2.75, 3.05) is 13.7 Å². The SMILES string of the molecule is COc1ccc(C(F)(F)F)cc1C=CCON. The molecule has 6 heteroatoms. The maximum atomic E-state index is 12.5. The quantitative estimate of drug-likeness (QED) is 0.832. The van der Waals surface area contributed by atoms with E-state index in [0.717, 1.165) is 12.1 Å². The van der Waals surface area contributed by atoms with Gasteiger partial charge in [0.15, 0.2) is 0 Å². The Hall–Kier alpha value is -1.53. The van der Waals surface area contributed by atoms with E-state index in [4.69, 9.17) is 10.6 Å². The normalized spacial score (nSPS) is 12.1. The lowest BCUT2D eigenvalue weighted by molar-refractivity contribution is -0.137. The fourth-order valence-electron chi connectivity index (χ4n) is 1.27. The van der Waals surface area contributed by atoms with Crippen molar-refractivity contribution in [3.8, 4) is 5.75 Å². The molecule has 1 aromatic carbocycles. The fraction of sp³-hybridized carbons (Fsp3) is 0.273. The summed E-state index contributed by atoms with van der Waals surface area (Å²) >= 11 is 0. The molecule has 1 aromatic rings. The molecule has 0 saturated carbocycles. The Bertz CT molecular complexity index is 402. The Morgan fingerprint density at radius 1 is 1.35 bits per heavy atom. The van der Waals surface area contributed by atoms with Gasteiger partial charge < -0.3 is 9.57 Å². The first-order chi connectivity index (χ1) is 7.99. The summed E-state index contributed by atoms with van der Waals surface area (Å²) in [4.78, 5) is 4.28. The molecule has 0 spiro atoms. The van der Waals surface area contributed by atoms with Crippen molar-refractivity contribution in [2.24, 2.45) is 5.90 Å². The topological polar surface area (TPSA) is 44.5 Å². The number of nitrogens with two attached hydrogens (primary N) is 1. The standard InChI is InChI=1S/C11H12F3NO2/c1-16-10-5-4-9(11(12,13)14)7-8(10)3-2-6-17-15/h2-5,7H,6,15H2,1H3. The molecule has 0 aliphatic rings. The lowest BCUT2D eigenvalue weighted by Crippen LogP contribution is -2.05. The van der Waals surface area contributed by atoms with Crippen LogP contribution in [0, 0.1) is 0 Å². The zero-order valence-electron chi connectivity index (χ0n) is 9.12. The van der Waals surface area contributed by atoms with Crippen molar-refractivity contribution >= 4 is 6.08 Å². The van der Waals surface area contributed by atoms with Crippen molar-refractivity contribution in [1.29, 1.82) is 0 Å². The molecule has 0 aliphatic heterocycles. The highest BCUT2D eigenvalue weighted by molar-refractivity contribution is 5.58. The maximum absolute atomic E-state index is 12.5. The molecule has 1 rings (SSSR count). The third kappa shape index (κ3) is 3.76. The summed E-state index contributed by atoms with van der Waals surface area (Å²) in [6.07, 6.45) is -1.42. The van der Waals surface area contributed by atoms with E-state index in [2.05, 4.69) is 4.84 Å². The van der Waals surface area contributed by atoms with Gasteiger partial charge in [0.1, 0.15) is 5.75 Å². The van der Waals surface area contributed by atoms with Crippen LogP contribution < -0.4 is 10.6 Å². The largest absolute Gasteiger partial charge is 0.496 e. The minimum Gasteiger partial charge on any atom is -0.496 e. The van der Waals surface area contributed by atoms with E-state index >= 15 is 0 Å². The fourth-order valence-corrected chi connectivity index (χ4v) is 1.27. The second kappa shape index (κ2) is 5.70. The van der Waals surface area contributed by atoms with Crippen molar-refractivity contribution in [2.45, 2.75) is 6.18 Å². The maximum Gasteiger partial charge on any atom is 0.416 e. The predicted molar refractivity (Wildman–Crippen MR) is 57.2 cm³/mol. The molecular weight excluding hydrogens is 235 g/mol. The van der Waals surface area contributed by atoms with Crippen molar-refractivity contribution < 1.29 is 22.7 Å². The molecule has 17 heavy (non-hydrogen) atoms. The lowest BCUT2D eigenvalue weighted by atomic mass is 10.1. The summed E-state index contributed by atoms with van der Waals surface area (Å²) in [6, 6.07) is 3.24. The highest BCUT2D eigenvalue weighted by Crippen LogP contribution is 2.32. The Balaban J connectivity index is 3.07. The highest BCUT2D eigenvalue weighted by Gasteiger charge is 2.30. The second-order valence-electron chi connectivity index (χ2n) is 3.19. The molecule has 0 aliphatic carbocycles. The number of ether oxygens (including phenoxy) is 1. The molecule has 2 N–H and O–H groups in total. The zero-order chi connectivity index (χ0) is 12.9. The molecule has 0 fully saturated rings. The summed E-state index contributed by atoms with van der Waals surface area (Å²) in [6.45, 7) is 0.111. The average Bonchev–Trinajstić information content (AvgIpc) is 2.28. The van der Waals surface area contributed by atoms with Gasteiger partial charge in [-0.05, 0) is 18.2 Å². The Morgan fingerprint density at radius 3 is 2.59 bits per heavy atom. The zero-order valence-corrected chi connectivity index (χ0v) is 9.12. The minimum atomic E-state index is -4.38. The van der Waals surface area contributed by atoms with Crippen LogP contribution in [-0.2, 0) is 11.0 Å². The summed E-state index contributed by atoms with van der Waals surface area (Å²) in [7, 11) is 1.39. The Morgan fingerprint density at radius 2 is 2.06 bits per heavy atom. The summed E-state index contributed by atoms with van der Waals surface area (Å²) in [5.41, 5.74) is -0.411. The molecule has 0 atom stereocenters. The smallest absolute Gasteiger partial charge is 0.416 e. The molecule has 0 saturated heterocycles. The number of benzene rings is 1. The van der Waals surface area contributed by atoms with E-state index in [-0.39, 0.29) is 6.61 Å². The number of hydrogen-bond donors (Lipinski definition) is 1. The third-order valence-electron chi connectivity index (χ3n) is 2.05. The van der Waals surface area contributed by atoms with Crippen LogP contribution in [0.3, 0.4) is 0 Å². The van der Waals surface area contributed by atoms with Crippen LogP contribution in [-0.4, -0.2) is 13.7 Å². The number of alkyl halides is 3. The predicted octanol–water partition coefficient (Wildman–Crippen LogP) is 2.62. The Kier molecular flexibility index (Phi) is 4.53. The van der Waals surface area contributed by atoms with Gasteiger partial charge in [0, 0.05) is 5.56 Å². The lowest BCUT2D eigenvalue weighted by Gasteiger charge is -2.10.